The molecule has 0 unspecified atom stereocenters. The van der Waals surface area contributed by atoms with Crippen molar-refractivity contribution in [3.05, 3.63) is 41.7 Å². The van der Waals surface area contributed by atoms with Crippen LogP contribution in [-0.2, 0) is 14.3 Å². The van der Waals surface area contributed by atoms with Crippen molar-refractivity contribution < 1.29 is 23.6 Å². The topological polar surface area (TPSA) is 90.7 Å². The second-order valence-electron chi connectivity index (χ2n) is 4.63. The van der Waals surface area contributed by atoms with Crippen LogP contribution in [0.4, 0.5) is 5.82 Å². The standard InChI is InChI=1S/C15H16N2O5/c1-10-3-5-12(6-4-10)20-9-15(19)21-8-14(18)16-13-7-11(2)22-17-13/h3-7H,8-9H2,1-2H3,(H,16,17,18). The molecule has 0 radical (unpaired) electrons. The molecule has 1 amide bonds. The van der Waals surface area contributed by atoms with Gasteiger partial charge in [-0.3, -0.25) is 4.79 Å². The van der Waals surface area contributed by atoms with Crippen molar-refractivity contribution in [2.24, 2.45) is 0 Å². The number of ether oxygens (including phenoxy) is 2. The summed E-state index contributed by atoms with van der Waals surface area (Å²) >= 11 is 0. The van der Waals surface area contributed by atoms with Crippen LogP contribution in [0.15, 0.2) is 34.9 Å². The molecule has 0 aliphatic rings. The summed E-state index contributed by atoms with van der Waals surface area (Å²) in [5.74, 6) is 0.266. The molecule has 1 heterocycles. The van der Waals surface area contributed by atoms with Gasteiger partial charge in [0.15, 0.2) is 19.0 Å². The van der Waals surface area contributed by atoms with E-state index in [0.717, 1.165) is 5.56 Å². The molecule has 0 bridgehead atoms. The van der Waals surface area contributed by atoms with Crippen LogP contribution in [0.2, 0.25) is 0 Å². The number of nitrogens with zero attached hydrogens (tertiary/aromatic N) is 1. The Balaban J connectivity index is 1.68. The Morgan fingerprint density at radius 1 is 1.18 bits per heavy atom. The van der Waals surface area contributed by atoms with E-state index in [0.29, 0.717) is 11.5 Å². The molecule has 0 saturated heterocycles. The van der Waals surface area contributed by atoms with Crippen molar-refractivity contribution >= 4 is 17.7 Å². The van der Waals surface area contributed by atoms with E-state index < -0.39 is 18.5 Å². The van der Waals surface area contributed by atoms with E-state index in [4.69, 9.17) is 14.0 Å². The average molecular weight is 304 g/mol. The van der Waals surface area contributed by atoms with E-state index in [2.05, 4.69) is 10.5 Å². The highest BCUT2D eigenvalue weighted by Gasteiger charge is 2.10. The van der Waals surface area contributed by atoms with E-state index in [-0.39, 0.29) is 12.4 Å². The number of aryl methyl sites for hydroxylation is 2. The molecule has 116 valence electrons. The third-order valence-electron chi connectivity index (χ3n) is 2.64. The first kappa shape index (κ1) is 15.6. The Bertz CT molecular complexity index is 648. The van der Waals surface area contributed by atoms with Gasteiger partial charge in [0.1, 0.15) is 11.5 Å². The number of esters is 1. The largest absolute Gasteiger partial charge is 0.482 e. The molecule has 1 N–H and O–H groups in total. The van der Waals surface area contributed by atoms with Crippen molar-refractivity contribution in [1.29, 1.82) is 0 Å². The Kier molecular flexibility index (Phi) is 5.13. The minimum Gasteiger partial charge on any atom is -0.482 e. The van der Waals surface area contributed by atoms with Crippen LogP contribution in [0.1, 0.15) is 11.3 Å². The van der Waals surface area contributed by atoms with Crippen molar-refractivity contribution in [2.45, 2.75) is 13.8 Å². The summed E-state index contributed by atoms with van der Waals surface area (Å²) in [6, 6.07) is 8.80. The Morgan fingerprint density at radius 3 is 2.55 bits per heavy atom. The quantitative estimate of drug-likeness (QED) is 0.819. The van der Waals surface area contributed by atoms with Gasteiger partial charge in [0.05, 0.1) is 0 Å². The highest BCUT2D eigenvalue weighted by Crippen LogP contribution is 2.11. The van der Waals surface area contributed by atoms with Crippen LogP contribution in [0.3, 0.4) is 0 Å². The second kappa shape index (κ2) is 7.26. The lowest BCUT2D eigenvalue weighted by atomic mass is 10.2. The lowest BCUT2D eigenvalue weighted by Crippen LogP contribution is -2.23. The van der Waals surface area contributed by atoms with Gasteiger partial charge in [-0.2, -0.15) is 0 Å². The first-order valence-corrected chi connectivity index (χ1v) is 6.61. The first-order chi connectivity index (χ1) is 10.5. The summed E-state index contributed by atoms with van der Waals surface area (Å²) in [5, 5.41) is 6.03. The molecule has 2 aromatic rings. The molecule has 7 nitrogen and oxygen atoms in total. The molecule has 0 aliphatic heterocycles. The SMILES string of the molecule is Cc1ccc(OCC(=O)OCC(=O)Nc2cc(C)on2)cc1. The second-order valence-corrected chi connectivity index (χ2v) is 4.63. The first-order valence-electron chi connectivity index (χ1n) is 6.61. The molecular formula is C15H16N2O5. The number of carbonyl (C=O) groups is 2. The van der Waals surface area contributed by atoms with Gasteiger partial charge in [-0.05, 0) is 26.0 Å². The predicted molar refractivity (Wildman–Crippen MR) is 77.5 cm³/mol. The lowest BCUT2D eigenvalue weighted by Gasteiger charge is -2.07. The van der Waals surface area contributed by atoms with Crippen LogP contribution in [0, 0.1) is 13.8 Å². The normalized spacial score (nSPS) is 10.1. The maximum atomic E-state index is 11.5. The number of amides is 1. The van der Waals surface area contributed by atoms with Crippen molar-refractivity contribution in [2.75, 3.05) is 18.5 Å². The van der Waals surface area contributed by atoms with E-state index in [9.17, 15) is 9.59 Å². The molecule has 0 atom stereocenters. The van der Waals surface area contributed by atoms with Crippen LogP contribution >= 0.6 is 0 Å². The number of benzene rings is 1. The number of hydrogen-bond acceptors (Lipinski definition) is 6. The highest BCUT2D eigenvalue weighted by atomic mass is 16.6. The zero-order chi connectivity index (χ0) is 15.9. The van der Waals surface area contributed by atoms with Gasteiger partial charge in [0.2, 0.25) is 0 Å². The van der Waals surface area contributed by atoms with Crippen molar-refractivity contribution in [3.63, 3.8) is 0 Å². The van der Waals surface area contributed by atoms with Gasteiger partial charge in [0, 0.05) is 6.07 Å². The highest BCUT2D eigenvalue weighted by molar-refractivity contribution is 5.91. The molecule has 1 aromatic heterocycles. The molecule has 0 aliphatic carbocycles. The summed E-state index contributed by atoms with van der Waals surface area (Å²) in [5.41, 5.74) is 1.09. The average Bonchev–Trinajstić information content (AvgIpc) is 2.89. The number of nitrogens with one attached hydrogen (secondary N) is 1. The van der Waals surface area contributed by atoms with Gasteiger partial charge < -0.3 is 19.3 Å². The molecule has 0 spiro atoms. The monoisotopic (exact) mass is 304 g/mol. The number of anilines is 1. The van der Waals surface area contributed by atoms with E-state index in [1.165, 1.54) is 0 Å². The van der Waals surface area contributed by atoms with E-state index in [1.54, 1.807) is 25.1 Å². The number of carbonyl (C=O) groups excluding carboxylic acids is 2. The summed E-state index contributed by atoms with van der Waals surface area (Å²) < 4.78 is 14.8. The van der Waals surface area contributed by atoms with Crippen molar-refractivity contribution in [1.82, 2.24) is 5.16 Å². The Morgan fingerprint density at radius 2 is 1.91 bits per heavy atom. The molecule has 22 heavy (non-hydrogen) atoms. The Labute approximate surface area is 127 Å². The minimum atomic E-state index is -0.632. The predicted octanol–water partition coefficient (Wildman–Crippen LogP) is 1.85. The van der Waals surface area contributed by atoms with E-state index >= 15 is 0 Å². The van der Waals surface area contributed by atoms with Gasteiger partial charge in [-0.15, -0.1) is 0 Å². The summed E-state index contributed by atoms with van der Waals surface area (Å²) in [6.45, 7) is 2.97. The molecule has 2 rings (SSSR count). The molecular weight excluding hydrogens is 288 g/mol. The summed E-state index contributed by atoms with van der Waals surface area (Å²) in [7, 11) is 0. The molecule has 1 aromatic carbocycles. The van der Waals surface area contributed by atoms with Gasteiger partial charge >= 0.3 is 5.97 Å². The smallest absolute Gasteiger partial charge is 0.344 e. The fourth-order valence-electron chi connectivity index (χ4n) is 1.57. The minimum absolute atomic E-state index is 0.264. The zero-order valence-electron chi connectivity index (χ0n) is 12.3. The zero-order valence-corrected chi connectivity index (χ0v) is 12.3. The number of hydrogen-bond donors (Lipinski definition) is 1. The van der Waals surface area contributed by atoms with Crippen LogP contribution < -0.4 is 10.1 Å². The van der Waals surface area contributed by atoms with Gasteiger partial charge in [0.25, 0.3) is 5.91 Å². The lowest BCUT2D eigenvalue weighted by molar-refractivity contribution is -0.149. The third-order valence-corrected chi connectivity index (χ3v) is 2.64. The molecule has 0 fully saturated rings. The number of aromatic nitrogens is 1. The van der Waals surface area contributed by atoms with Gasteiger partial charge in [-0.25, -0.2) is 4.79 Å². The van der Waals surface area contributed by atoms with Crippen LogP contribution in [0.5, 0.6) is 5.75 Å². The van der Waals surface area contributed by atoms with Gasteiger partial charge in [-0.1, -0.05) is 22.9 Å². The Hall–Kier alpha value is -2.83. The molecule has 0 saturated carbocycles. The third kappa shape index (κ3) is 4.93. The van der Waals surface area contributed by atoms with E-state index in [1.807, 2.05) is 19.1 Å². The molecule has 7 heteroatoms. The maximum Gasteiger partial charge on any atom is 0.344 e. The van der Waals surface area contributed by atoms with Crippen molar-refractivity contribution in [3.8, 4) is 5.75 Å². The van der Waals surface area contributed by atoms with Crippen LogP contribution in [-0.4, -0.2) is 30.2 Å². The summed E-state index contributed by atoms with van der Waals surface area (Å²) in [4.78, 5) is 23.0. The fourth-order valence-corrected chi connectivity index (χ4v) is 1.57. The fraction of sp³-hybridized carbons (Fsp3) is 0.267. The maximum absolute atomic E-state index is 11.5. The number of rotatable bonds is 6. The van der Waals surface area contributed by atoms with Crippen LogP contribution in [0.25, 0.3) is 0 Å². The summed E-state index contributed by atoms with van der Waals surface area (Å²) in [6.07, 6.45) is 0.